The van der Waals surface area contributed by atoms with Crippen molar-refractivity contribution < 1.29 is 44.2 Å². The van der Waals surface area contributed by atoms with E-state index >= 15 is 0 Å². The van der Waals surface area contributed by atoms with Gasteiger partial charge in [0.2, 0.25) is 0 Å². The van der Waals surface area contributed by atoms with Gasteiger partial charge >= 0.3 is 11.9 Å². The molecule has 0 unspecified atom stereocenters. The predicted molar refractivity (Wildman–Crippen MR) is 136 cm³/mol. The van der Waals surface area contributed by atoms with Crippen molar-refractivity contribution in [3.8, 4) is 0 Å². The van der Waals surface area contributed by atoms with Crippen LogP contribution in [0.1, 0.15) is 44.6 Å². The molecule has 0 aromatic carbocycles. The third-order valence-electron chi connectivity index (χ3n) is 8.74. The summed E-state index contributed by atoms with van der Waals surface area (Å²) < 4.78 is 18.0. The lowest BCUT2D eigenvalue weighted by Gasteiger charge is -2.48. The lowest BCUT2D eigenvalue weighted by Crippen LogP contribution is -2.57. The Balaban J connectivity index is 1.76. The van der Waals surface area contributed by atoms with Gasteiger partial charge in [0.05, 0.1) is 18.3 Å². The summed E-state index contributed by atoms with van der Waals surface area (Å²) in [5, 5.41) is 41.8. The topological polar surface area (TPSA) is 159 Å². The van der Waals surface area contributed by atoms with E-state index in [-0.39, 0.29) is 12.3 Å². The van der Waals surface area contributed by atoms with Gasteiger partial charge in [0, 0.05) is 42.9 Å². The molecule has 0 spiro atoms. The molecule has 10 nitrogen and oxygen atoms in total. The number of carboxylic acids is 1. The minimum absolute atomic E-state index is 0.0881. The predicted octanol–water partition coefficient (Wildman–Crippen LogP) is 1.92. The molecule has 10 heteroatoms. The summed E-state index contributed by atoms with van der Waals surface area (Å²) in [6, 6.07) is 3.30. The molecule has 1 aromatic rings. The van der Waals surface area contributed by atoms with E-state index in [1.807, 2.05) is 32.1 Å². The quantitative estimate of drug-likeness (QED) is 0.224. The smallest absolute Gasteiger partial charge is 0.355 e. The number of carbonyl (C=O) groups excluding carboxylic acids is 1. The van der Waals surface area contributed by atoms with E-state index in [2.05, 4.69) is 4.98 Å². The standard InChI is InChI=1S/C28H39NO9/c1-13(22(31)16(4)30)11-14(2)28-17(12-20(36-5)26(33)34)8-9-18-21(28)23(32)15(3)24(25(18)38-28)37-27(35)19-7-6-10-29-19/h6-11,13,15-18,20-25,29-32H,12H2,1-5H3,(H,33,34)/b14-11+/t13-,15-,16-,17-,18-,20+,21+,22-,23-,24-,25-,28+/m1/s1. The van der Waals surface area contributed by atoms with E-state index in [4.69, 9.17) is 14.2 Å². The molecule has 2 aliphatic carbocycles. The third-order valence-corrected chi connectivity index (χ3v) is 8.74. The number of H-pyrrole nitrogens is 1. The van der Waals surface area contributed by atoms with Crippen molar-refractivity contribution in [2.45, 2.75) is 76.3 Å². The molecule has 1 aliphatic heterocycles. The Morgan fingerprint density at radius 2 is 1.97 bits per heavy atom. The summed E-state index contributed by atoms with van der Waals surface area (Å²) in [7, 11) is 1.34. The Kier molecular flexibility index (Phi) is 8.20. The van der Waals surface area contributed by atoms with Crippen LogP contribution in [0.3, 0.4) is 0 Å². The molecule has 1 saturated carbocycles. The Hall–Kier alpha value is -2.50. The molecule has 0 radical (unpaired) electrons. The highest BCUT2D eigenvalue weighted by Gasteiger charge is 2.68. The van der Waals surface area contributed by atoms with Crippen molar-refractivity contribution in [1.29, 1.82) is 0 Å². The van der Waals surface area contributed by atoms with Crippen molar-refractivity contribution in [1.82, 2.24) is 4.98 Å². The molecule has 5 N–H and O–H groups in total. The minimum Gasteiger partial charge on any atom is -0.479 e. The number of nitrogens with one attached hydrogen (secondary N) is 1. The molecule has 4 rings (SSSR count). The average Bonchev–Trinajstić information content (AvgIpc) is 3.47. The number of carboxylic acid groups (broad SMARTS) is 1. The van der Waals surface area contributed by atoms with Gasteiger partial charge in [0.15, 0.2) is 6.10 Å². The molecule has 3 aliphatic rings. The first-order valence-corrected chi connectivity index (χ1v) is 13.1. The summed E-state index contributed by atoms with van der Waals surface area (Å²) in [6.07, 6.45) is 2.03. The first-order chi connectivity index (χ1) is 17.9. The summed E-state index contributed by atoms with van der Waals surface area (Å²) in [5.74, 6) is -3.79. The van der Waals surface area contributed by atoms with E-state index in [0.29, 0.717) is 11.3 Å². The summed E-state index contributed by atoms with van der Waals surface area (Å²) in [4.78, 5) is 27.6. The number of aliphatic hydroxyl groups excluding tert-OH is 3. The number of aromatic nitrogens is 1. The molecule has 12 atom stereocenters. The molecule has 2 fully saturated rings. The van der Waals surface area contributed by atoms with E-state index in [0.717, 1.165) is 0 Å². The van der Waals surface area contributed by atoms with Crippen LogP contribution in [0.5, 0.6) is 0 Å². The average molecular weight is 534 g/mol. The van der Waals surface area contributed by atoms with Crippen molar-refractivity contribution in [3.63, 3.8) is 0 Å². The Morgan fingerprint density at radius 3 is 2.55 bits per heavy atom. The van der Waals surface area contributed by atoms with E-state index in [1.165, 1.54) is 14.0 Å². The number of aromatic amines is 1. The van der Waals surface area contributed by atoms with Gasteiger partial charge in [0.25, 0.3) is 0 Å². The van der Waals surface area contributed by atoms with Crippen molar-refractivity contribution in [3.05, 3.63) is 47.8 Å². The molecule has 2 heterocycles. The molecular weight excluding hydrogens is 494 g/mol. The normalized spacial score (nSPS) is 37.4. The maximum Gasteiger partial charge on any atom is 0.355 e. The number of esters is 1. The van der Waals surface area contributed by atoms with Gasteiger partial charge in [-0.2, -0.15) is 0 Å². The van der Waals surface area contributed by atoms with Crippen molar-refractivity contribution in [2.24, 2.45) is 29.6 Å². The summed E-state index contributed by atoms with van der Waals surface area (Å²) in [5.41, 5.74) is -0.136. The number of methoxy groups -OCH3 is 1. The van der Waals surface area contributed by atoms with Crippen molar-refractivity contribution in [2.75, 3.05) is 7.11 Å². The van der Waals surface area contributed by atoms with Gasteiger partial charge < -0.3 is 39.6 Å². The number of rotatable bonds is 10. The molecule has 0 amide bonds. The van der Waals surface area contributed by atoms with E-state index < -0.39 is 77.8 Å². The fourth-order valence-corrected chi connectivity index (χ4v) is 6.74. The van der Waals surface area contributed by atoms with E-state index in [9.17, 15) is 30.0 Å². The van der Waals surface area contributed by atoms with Crippen LogP contribution in [-0.2, 0) is 19.0 Å². The van der Waals surface area contributed by atoms with E-state index in [1.54, 1.807) is 25.3 Å². The number of ether oxygens (including phenoxy) is 3. The SMILES string of the molecule is CO[C@@H](C[C@H]1C=C[C@H]2[C@H]3O[C@]1(/C(C)=C/[C@@H](C)[C@@H](O)[C@@H](C)O)[C@@H]2[C@H](O)[C@@H](C)[C@H]3OC(=O)c1ccc[nH]1)C(=O)O. The van der Waals surface area contributed by atoms with Gasteiger partial charge in [0.1, 0.15) is 23.5 Å². The molecule has 1 aromatic heterocycles. The largest absolute Gasteiger partial charge is 0.479 e. The molecule has 38 heavy (non-hydrogen) atoms. The monoisotopic (exact) mass is 533 g/mol. The molecule has 210 valence electrons. The number of carbonyl (C=O) groups is 2. The zero-order valence-electron chi connectivity index (χ0n) is 22.4. The van der Waals surface area contributed by atoms with Gasteiger partial charge in [-0.1, -0.05) is 32.1 Å². The highest BCUT2D eigenvalue weighted by molar-refractivity contribution is 5.87. The minimum atomic E-state index is -1.13. The van der Waals surface area contributed by atoms with Crippen LogP contribution >= 0.6 is 0 Å². The van der Waals surface area contributed by atoms with Crippen LogP contribution in [-0.4, -0.2) is 86.7 Å². The number of aliphatic carboxylic acids is 1. The fourth-order valence-electron chi connectivity index (χ4n) is 6.74. The second-order valence-corrected chi connectivity index (χ2v) is 11.0. The van der Waals surface area contributed by atoms with Crippen LogP contribution in [0.2, 0.25) is 0 Å². The van der Waals surface area contributed by atoms with Crippen LogP contribution < -0.4 is 0 Å². The fraction of sp³-hybridized carbons (Fsp3) is 0.643. The van der Waals surface area contributed by atoms with Gasteiger partial charge in [-0.15, -0.1) is 0 Å². The Bertz CT molecular complexity index is 1070. The second-order valence-electron chi connectivity index (χ2n) is 11.0. The van der Waals surface area contributed by atoms with Crippen LogP contribution in [0.4, 0.5) is 0 Å². The second kappa shape index (κ2) is 10.9. The lowest BCUT2D eigenvalue weighted by atomic mass is 9.57. The first-order valence-electron chi connectivity index (χ1n) is 13.1. The number of hydrogen-bond donors (Lipinski definition) is 5. The van der Waals surface area contributed by atoms with Crippen LogP contribution in [0, 0.1) is 29.6 Å². The maximum absolute atomic E-state index is 12.9. The van der Waals surface area contributed by atoms with Crippen LogP contribution in [0.25, 0.3) is 0 Å². The zero-order valence-corrected chi connectivity index (χ0v) is 22.4. The Labute approximate surface area is 222 Å². The highest BCUT2D eigenvalue weighted by atomic mass is 16.6. The van der Waals surface area contributed by atoms with Gasteiger partial charge in [-0.3, -0.25) is 0 Å². The number of aliphatic hydroxyl groups is 3. The van der Waals surface area contributed by atoms with Crippen molar-refractivity contribution >= 4 is 11.9 Å². The third kappa shape index (κ3) is 4.73. The van der Waals surface area contributed by atoms with Gasteiger partial charge in [-0.05, 0) is 38.0 Å². The lowest BCUT2D eigenvalue weighted by molar-refractivity contribution is -0.151. The maximum atomic E-state index is 12.9. The zero-order chi connectivity index (χ0) is 27.9. The molecular formula is C28H39NO9. The summed E-state index contributed by atoms with van der Waals surface area (Å²) in [6.45, 7) is 6.95. The molecule has 1 saturated heterocycles. The number of hydrogen-bond acceptors (Lipinski definition) is 8. The highest BCUT2D eigenvalue weighted by Crippen LogP contribution is 2.61. The van der Waals surface area contributed by atoms with Crippen LogP contribution in [0.15, 0.2) is 42.1 Å². The summed E-state index contributed by atoms with van der Waals surface area (Å²) >= 11 is 0. The Morgan fingerprint density at radius 1 is 1.26 bits per heavy atom. The molecule has 4 bridgehead atoms. The van der Waals surface area contributed by atoms with Gasteiger partial charge in [-0.25, -0.2) is 9.59 Å². The first kappa shape index (κ1) is 28.5.